The van der Waals surface area contributed by atoms with Gasteiger partial charge < -0.3 is 9.73 Å². The topological polar surface area (TPSA) is 81.4 Å². The maximum absolute atomic E-state index is 6.15. The van der Waals surface area contributed by atoms with Crippen LogP contribution in [0.25, 0.3) is 5.82 Å². The molecule has 1 atom stereocenters. The van der Waals surface area contributed by atoms with Crippen molar-refractivity contribution in [2.75, 3.05) is 0 Å². The van der Waals surface area contributed by atoms with E-state index in [1.807, 2.05) is 6.07 Å². The molecule has 1 unspecified atom stereocenters. The molecule has 3 heterocycles. The Morgan fingerprint density at radius 2 is 2.33 bits per heavy atom. The third-order valence-corrected chi connectivity index (χ3v) is 2.73. The molecule has 0 bridgehead atoms. The Morgan fingerprint density at radius 3 is 3.00 bits per heavy atom. The van der Waals surface area contributed by atoms with Crippen molar-refractivity contribution in [3.63, 3.8) is 0 Å². The lowest BCUT2D eigenvalue weighted by molar-refractivity contribution is 0.321. The van der Waals surface area contributed by atoms with E-state index in [2.05, 4.69) is 15.4 Å². The Kier molecular flexibility index (Phi) is 2.46. The summed E-state index contributed by atoms with van der Waals surface area (Å²) < 4.78 is 6.95. The van der Waals surface area contributed by atoms with Gasteiger partial charge in [-0.05, 0) is 35.9 Å². The Balaban J connectivity index is 1.94. The highest BCUT2D eigenvalue weighted by molar-refractivity contribution is 6.28. The number of allylic oxidation sites excluding steroid dienone is 1. The van der Waals surface area contributed by atoms with Gasteiger partial charge in [-0.25, -0.2) is 9.67 Å². The lowest BCUT2D eigenvalue weighted by Gasteiger charge is -2.28. The van der Waals surface area contributed by atoms with E-state index in [0.717, 1.165) is 0 Å². The maximum Gasteiger partial charge on any atom is 0.243 e. The first-order valence-corrected chi connectivity index (χ1v) is 5.64. The van der Waals surface area contributed by atoms with Crippen molar-refractivity contribution in [1.29, 1.82) is 0 Å². The molecule has 1 aliphatic rings. The van der Waals surface area contributed by atoms with E-state index in [9.17, 15) is 0 Å². The molecule has 2 aromatic rings. The first-order valence-electron chi connectivity index (χ1n) is 5.26. The molecule has 0 aliphatic carbocycles. The second-order valence-electron chi connectivity index (χ2n) is 3.78. The van der Waals surface area contributed by atoms with E-state index in [-0.39, 0.29) is 5.22 Å². The van der Waals surface area contributed by atoms with Crippen molar-refractivity contribution in [2.45, 2.75) is 5.79 Å². The molecular formula is C11H10ClN5O. The summed E-state index contributed by atoms with van der Waals surface area (Å²) >= 11 is 5.74. The minimum Gasteiger partial charge on any atom is -0.444 e. The summed E-state index contributed by atoms with van der Waals surface area (Å²) in [7, 11) is 0. The van der Waals surface area contributed by atoms with Gasteiger partial charge in [0.1, 0.15) is 5.82 Å². The summed E-state index contributed by atoms with van der Waals surface area (Å²) in [5.74, 6) is -0.0464. The molecule has 3 N–H and O–H groups in total. The maximum atomic E-state index is 6.15. The summed E-state index contributed by atoms with van der Waals surface area (Å²) in [6.07, 6.45) is 6.84. The van der Waals surface area contributed by atoms with Gasteiger partial charge in [0.05, 0.1) is 0 Å². The zero-order chi connectivity index (χ0) is 12.6. The number of nitrogens with zero attached hydrogens (tertiary/aromatic N) is 3. The summed E-state index contributed by atoms with van der Waals surface area (Å²) in [4.78, 5) is 4.18. The van der Waals surface area contributed by atoms with Crippen molar-refractivity contribution < 1.29 is 4.42 Å². The van der Waals surface area contributed by atoms with Crippen LogP contribution in [0.1, 0.15) is 5.76 Å². The number of nitrogens with two attached hydrogens (primary N) is 1. The Labute approximate surface area is 108 Å². The van der Waals surface area contributed by atoms with Crippen LogP contribution >= 0.6 is 11.6 Å². The van der Waals surface area contributed by atoms with Gasteiger partial charge in [-0.2, -0.15) is 5.10 Å². The molecule has 0 spiro atoms. The van der Waals surface area contributed by atoms with E-state index >= 15 is 0 Å². The third-order valence-electron chi connectivity index (χ3n) is 2.53. The molecule has 1 aliphatic heterocycles. The van der Waals surface area contributed by atoms with Crippen LogP contribution in [0.2, 0.25) is 5.22 Å². The van der Waals surface area contributed by atoms with Crippen molar-refractivity contribution in [1.82, 2.24) is 15.1 Å². The van der Waals surface area contributed by atoms with Crippen LogP contribution in [0, 0.1) is 0 Å². The number of rotatable bonds is 2. The molecule has 3 rings (SSSR count). The van der Waals surface area contributed by atoms with Crippen LogP contribution in [0.15, 0.2) is 46.1 Å². The van der Waals surface area contributed by atoms with E-state index in [1.54, 1.807) is 41.5 Å². The molecular weight excluding hydrogens is 254 g/mol. The van der Waals surface area contributed by atoms with E-state index < -0.39 is 5.79 Å². The largest absolute Gasteiger partial charge is 0.444 e. The third kappa shape index (κ3) is 1.81. The minimum atomic E-state index is -1.18. The Bertz CT molecular complexity index is 615. The molecule has 0 saturated heterocycles. The average molecular weight is 264 g/mol. The normalized spacial score (nSPS) is 22.7. The molecule has 0 fully saturated rings. The predicted octanol–water partition coefficient (Wildman–Crippen LogP) is 1.37. The van der Waals surface area contributed by atoms with Gasteiger partial charge in [0, 0.05) is 18.6 Å². The number of nitrogens with one attached hydrogen (secondary N) is 1. The zero-order valence-corrected chi connectivity index (χ0v) is 10.0. The van der Waals surface area contributed by atoms with Gasteiger partial charge in [0.25, 0.3) is 0 Å². The highest BCUT2D eigenvalue weighted by Gasteiger charge is 2.32. The standard InChI is InChI=1S/C11H10ClN5O/c12-9-3-2-8(18-9)11(13)14-6-4-10(16-11)17-7-1-5-15-17/h1-7,16H,13H2. The van der Waals surface area contributed by atoms with E-state index in [4.69, 9.17) is 21.8 Å². The first kappa shape index (κ1) is 11.1. The Morgan fingerprint density at radius 1 is 1.44 bits per heavy atom. The first-order chi connectivity index (χ1) is 8.67. The lowest BCUT2D eigenvalue weighted by Crippen LogP contribution is -2.50. The van der Waals surface area contributed by atoms with Gasteiger partial charge in [-0.3, -0.25) is 5.73 Å². The van der Waals surface area contributed by atoms with Crippen molar-refractivity contribution in [3.8, 4) is 0 Å². The predicted molar refractivity (Wildman–Crippen MR) is 67.7 cm³/mol. The molecule has 0 saturated carbocycles. The quantitative estimate of drug-likeness (QED) is 0.857. The smallest absolute Gasteiger partial charge is 0.243 e. The van der Waals surface area contributed by atoms with Crippen LogP contribution in [0.4, 0.5) is 0 Å². The molecule has 0 amide bonds. The van der Waals surface area contributed by atoms with Crippen LogP contribution in [0.5, 0.6) is 0 Å². The molecule has 92 valence electrons. The summed E-state index contributed by atoms with van der Waals surface area (Å²) in [6, 6.07) is 5.11. The van der Waals surface area contributed by atoms with Crippen molar-refractivity contribution >= 4 is 23.6 Å². The molecule has 18 heavy (non-hydrogen) atoms. The second kappa shape index (κ2) is 4.01. The average Bonchev–Trinajstić information content (AvgIpc) is 2.99. The number of halogens is 1. The van der Waals surface area contributed by atoms with Gasteiger partial charge in [-0.15, -0.1) is 0 Å². The highest BCUT2D eigenvalue weighted by atomic mass is 35.5. The van der Waals surface area contributed by atoms with E-state index in [0.29, 0.717) is 11.6 Å². The van der Waals surface area contributed by atoms with Gasteiger partial charge >= 0.3 is 0 Å². The van der Waals surface area contributed by atoms with Crippen LogP contribution in [-0.4, -0.2) is 16.0 Å². The highest BCUT2D eigenvalue weighted by Crippen LogP contribution is 2.25. The molecule has 2 aromatic heterocycles. The zero-order valence-electron chi connectivity index (χ0n) is 9.25. The SMILES string of the molecule is NC1(c2ccc(Cl)o2)N=CC=C(n2cccn2)N1. The van der Waals surface area contributed by atoms with Crippen molar-refractivity contribution in [3.05, 3.63) is 47.6 Å². The van der Waals surface area contributed by atoms with E-state index in [1.165, 1.54) is 0 Å². The summed E-state index contributed by atoms with van der Waals surface area (Å²) in [6.45, 7) is 0. The van der Waals surface area contributed by atoms with Crippen LogP contribution < -0.4 is 11.1 Å². The fourth-order valence-corrected chi connectivity index (χ4v) is 1.83. The second-order valence-corrected chi connectivity index (χ2v) is 4.15. The molecule has 7 heteroatoms. The molecule has 0 radical (unpaired) electrons. The van der Waals surface area contributed by atoms with Gasteiger partial charge in [0.15, 0.2) is 11.0 Å². The summed E-state index contributed by atoms with van der Waals surface area (Å²) in [5, 5.41) is 7.43. The number of aliphatic imine (C=N–C) groups is 1. The van der Waals surface area contributed by atoms with Crippen LogP contribution in [0.3, 0.4) is 0 Å². The number of aromatic nitrogens is 2. The summed E-state index contributed by atoms with van der Waals surface area (Å²) in [5.41, 5.74) is 6.15. The number of hydrogen-bond donors (Lipinski definition) is 2. The monoisotopic (exact) mass is 263 g/mol. The van der Waals surface area contributed by atoms with Crippen molar-refractivity contribution in [2.24, 2.45) is 10.7 Å². The van der Waals surface area contributed by atoms with Gasteiger partial charge in [-0.1, -0.05) is 0 Å². The van der Waals surface area contributed by atoms with Crippen LogP contribution in [-0.2, 0) is 5.79 Å². The number of furan rings is 1. The van der Waals surface area contributed by atoms with Gasteiger partial charge in [0.2, 0.25) is 5.79 Å². The fourth-order valence-electron chi connectivity index (χ4n) is 1.68. The molecule has 6 nitrogen and oxygen atoms in total. The fraction of sp³-hybridized carbons (Fsp3) is 0.0909. The minimum absolute atomic E-state index is 0.266. The Hall–Kier alpha value is -2.05. The lowest BCUT2D eigenvalue weighted by atomic mass is 10.2. The molecule has 0 aromatic carbocycles. The number of hydrogen-bond acceptors (Lipinski definition) is 5.